The first-order chi connectivity index (χ1) is 14.2. The van der Waals surface area contributed by atoms with Gasteiger partial charge in [-0.1, -0.05) is 12.1 Å². The molecular weight excluding hydrogens is 395 g/mol. The van der Waals surface area contributed by atoms with Gasteiger partial charge in [-0.25, -0.2) is 4.39 Å². The van der Waals surface area contributed by atoms with E-state index in [1.54, 1.807) is 26.0 Å². The van der Waals surface area contributed by atoms with E-state index in [1.807, 2.05) is 0 Å². The minimum absolute atomic E-state index is 0.116. The molecule has 0 aliphatic carbocycles. The zero-order valence-electron chi connectivity index (χ0n) is 16.8. The van der Waals surface area contributed by atoms with Gasteiger partial charge in [-0.05, 0) is 31.5 Å². The molecule has 1 amide bonds. The Bertz CT molecular complexity index is 1020. The Balaban J connectivity index is 1.55. The molecule has 8 nitrogen and oxygen atoms in total. The van der Waals surface area contributed by atoms with Gasteiger partial charge in [-0.3, -0.25) is 9.59 Å². The molecule has 1 aromatic heterocycles. The van der Waals surface area contributed by atoms with E-state index in [2.05, 4.69) is 0 Å². The number of benzene rings is 1. The molecule has 0 spiro atoms. The van der Waals surface area contributed by atoms with Crippen LogP contribution in [0.15, 0.2) is 35.1 Å². The highest BCUT2D eigenvalue weighted by atomic mass is 19.1. The summed E-state index contributed by atoms with van der Waals surface area (Å²) in [5.74, 6) is -1.98. The first-order valence-electron chi connectivity index (χ1n) is 9.68. The standard InChI is InChI=1S/C21H23FN2O6/c1-21(2)29-12-15(30-21)11-28-17-9-16(25)19(26)18-20(27)23(7-8-24(17)18)10-13-3-5-14(22)6-4-13/h3-6,9,15,26H,7-8,10-12H2,1-2H3. The molecule has 9 heteroatoms. The summed E-state index contributed by atoms with van der Waals surface area (Å²) in [4.78, 5) is 26.7. The molecular formula is C21H23FN2O6. The van der Waals surface area contributed by atoms with E-state index >= 15 is 0 Å². The maximum absolute atomic E-state index is 13.1. The molecule has 1 aromatic carbocycles. The Hall–Kier alpha value is -2.91. The SMILES string of the molecule is CC1(C)OCC(COc2cc(=O)c(O)c3n2CCN(Cc2ccc(F)cc2)C3=O)O1. The zero-order valence-corrected chi connectivity index (χ0v) is 16.8. The largest absolute Gasteiger partial charge is 0.503 e. The van der Waals surface area contributed by atoms with Gasteiger partial charge < -0.3 is 28.8 Å². The predicted molar refractivity (Wildman–Crippen MR) is 104 cm³/mol. The average molecular weight is 418 g/mol. The van der Waals surface area contributed by atoms with Crippen LogP contribution in [0.3, 0.4) is 0 Å². The summed E-state index contributed by atoms with van der Waals surface area (Å²) >= 11 is 0. The maximum atomic E-state index is 13.1. The van der Waals surface area contributed by atoms with Crippen LogP contribution in [0.25, 0.3) is 0 Å². The molecule has 3 heterocycles. The highest BCUT2D eigenvalue weighted by Crippen LogP contribution is 2.27. The number of aromatic nitrogens is 1. The Kier molecular flexibility index (Phi) is 5.25. The Morgan fingerprint density at radius 3 is 2.63 bits per heavy atom. The van der Waals surface area contributed by atoms with Gasteiger partial charge in [0.25, 0.3) is 5.91 Å². The molecule has 1 saturated heterocycles. The van der Waals surface area contributed by atoms with Crippen molar-refractivity contribution >= 4 is 5.91 Å². The molecule has 2 aliphatic heterocycles. The van der Waals surface area contributed by atoms with Gasteiger partial charge in [-0.15, -0.1) is 0 Å². The van der Waals surface area contributed by atoms with E-state index in [9.17, 15) is 19.1 Å². The first kappa shape index (κ1) is 20.4. The molecule has 0 bridgehead atoms. The van der Waals surface area contributed by atoms with E-state index in [-0.39, 0.29) is 36.6 Å². The minimum atomic E-state index is -0.698. The van der Waals surface area contributed by atoms with Crippen molar-refractivity contribution in [3.8, 4) is 11.6 Å². The average Bonchev–Trinajstić information content (AvgIpc) is 3.05. The van der Waals surface area contributed by atoms with E-state index in [1.165, 1.54) is 27.7 Å². The highest BCUT2D eigenvalue weighted by Gasteiger charge is 2.34. The summed E-state index contributed by atoms with van der Waals surface area (Å²) in [5, 5.41) is 10.3. The summed E-state index contributed by atoms with van der Waals surface area (Å²) < 4.78 is 31.6. The molecule has 1 unspecified atom stereocenters. The number of aromatic hydroxyl groups is 1. The molecule has 0 saturated carbocycles. The van der Waals surface area contributed by atoms with Crippen molar-refractivity contribution in [2.24, 2.45) is 0 Å². The smallest absolute Gasteiger partial charge is 0.274 e. The van der Waals surface area contributed by atoms with Crippen LogP contribution in [0.2, 0.25) is 0 Å². The van der Waals surface area contributed by atoms with Gasteiger partial charge in [0.05, 0.1) is 6.61 Å². The van der Waals surface area contributed by atoms with Crippen LogP contribution >= 0.6 is 0 Å². The summed E-state index contributed by atoms with van der Waals surface area (Å²) in [6.45, 7) is 5.01. The van der Waals surface area contributed by atoms with Crippen LogP contribution in [-0.4, -0.2) is 52.1 Å². The third-order valence-corrected chi connectivity index (χ3v) is 5.10. The van der Waals surface area contributed by atoms with Crippen molar-refractivity contribution in [3.05, 3.63) is 57.6 Å². The van der Waals surface area contributed by atoms with Crippen LogP contribution in [0.5, 0.6) is 11.6 Å². The number of carbonyl (C=O) groups excluding carboxylic acids is 1. The van der Waals surface area contributed by atoms with Crippen molar-refractivity contribution in [2.45, 2.75) is 38.8 Å². The van der Waals surface area contributed by atoms with Crippen molar-refractivity contribution < 1.29 is 28.5 Å². The summed E-state index contributed by atoms with van der Waals surface area (Å²) in [5.41, 5.74) is -0.0691. The molecule has 1 atom stereocenters. The third kappa shape index (κ3) is 4.03. The molecule has 2 aromatic rings. The number of hydrogen-bond acceptors (Lipinski definition) is 6. The van der Waals surface area contributed by atoms with Crippen LogP contribution in [0.1, 0.15) is 29.9 Å². The molecule has 2 aliphatic rings. The lowest BCUT2D eigenvalue weighted by Crippen LogP contribution is -2.41. The third-order valence-electron chi connectivity index (χ3n) is 5.10. The van der Waals surface area contributed by atoms with Gasteiger partial charge >= 0.3 is 0 Å². The fourth-order valence-electron chi connectivity index (χ4n) is 3.63. The number of halogens is 1. The van der Waals surface area contributed by atoms with E-state index < -0.39 is 22.9 Å². The Labute approximate surface area is 172 Å². The van der Waals surface area contributed by atoms with Crippen molar-refractivity contribution in [1.82, 2.24) is 9.47 Å². The number of fused-ring (bicyclic) bond motifs is 1. The van der Waals surface area contributed by atoms with Crippen molar-refractivity contribution in [2.75, 3.05) is 19.8 Å². The molecule has 1 fully saturated rings. The number of rotatable bonds is 5. The Morgan fingerprint density at radius 2 is 1.97 bits per heavy atom. The number of carbonyl (C=O) groups is 1. The van der Waals surface area contributed by atoms with Gasteiger partial charge in [0.1, 0.15) is 18.5 Å². The normalized spacial score (nSPS) is 20.3. The molecule has 4 rings (SSSR count). The molecule has 0 radical (unpaired) electrons. The lowest BCUT2D eigenvalue weighted by atomic mass is 10.1. The maximum Gasteiger partial charge on any atom is 0.274 e. The fraction of sp³-hybridized carbons (Fsp3) is 0.429. The molecule has 160 valence electrons. The van der Waals surface area contributed by atoms with Gasteiger partial charge in [-0.2, -0.15) is 0 Å². The lowest BCUT2D eigenvalue weighted by molar-refractivity contribution is -0.141. The second-order valence-electron chi connectivity index (χ2n) is 7.81. The predicted octanol–water partition coefficient (Wildman–Crippen LogP) is 1.88. The minimum Gasteiger partial charge on any atom is -0.503 e. The van der Waals surface area contributed by atoms with Gasteiger partial charge in [0, 0.05) is 25.7 Å². The van der Waals surface area contributed by atoms with Gasteiger partial charge in [0.15, 0.2) is 23.1 Å². The van der Waals surface area contributed by atoms with Crippen LogP contribution in [-0.2, 0) is 22.6 Å². The summed E-state index contributed by atoms with van der Waals surface area (Å²) in [6.07, 6.45) is -0.311. The van der Waals surface area contributed by atoms with E-state index in [0.717, 1.165) is 5.56 Å². The number of amides is 1. The second-order valence-corrected chi connectivity index (χ2v) is 7.81. The zero-order chi connectivity index (χ0) is 21.5. The van der Waals surface area contributed by atoms with Crippen LogP contribution in [0.4, 0.5) is 4.39 Å². The number of hydrogen-bond donors (Lipinski definition) is 1. The first-order valence-corrected chi connectivity index (χ1v) is 9.68. The number of nitrogens with zero attached hydrogens (tertiary/aromatic N) is 2. The second kappa shape index (κ2) is 7.73. The van der Waals surface area contributed by atoms with Gasteiger partial charge in [0.2, 0.25) is 5.43 Å². The summed E-state index contributed by atoms with van der Waals surface area (Å²) in [7, 11) is 0. The van der Waals surface area contributed by atoms with Crippen LogP contribution in [0, 0.1) is 5.82 Å². The van der Waals surface area contributed by atoms with E-state index in [4.69, 9.17) is 14.2 Å². The summed E-state index contributed by atoms with van der Waals surface area (Å²) in [6, 6.07) is 7.00. The highest BCUT2D eigenvalue weighted by molar-refractivity contribution is 5.96. The van der Waals surface area contributed by atoms with Crippen LogP contribution < -0.4 is 10.2 Å². The Morgan fingerprint density at radius 1 is 1.23 bits per heavy atom. The number of ether oxygens (including phenoxy) is 3. The van der Waals surface area contributed by atoms with Crippen molar-refractivity contribution in [1.29, 1.82) is 0 Å². The topological polar surface area (TPSA) is 90.2 Å². The molecule has 30 heavy (non-hydrogen) atoms. The fourth-order valence-corrected chi connectivity index (χ4v) is 3.63. The van der Waals surface area contributed by atoms with E-state index in [0.29, 0.717) is 19.7 Å². The number of pyridine rings is 1. The lowest BCUT2D eigenvalue weighted by Gasteiger charge is -2.31. The monoisotopic (exact) mass is 418 g/mol. The molecule has 1 N–H and O–H groups in total. The quantitative estimate of drug-likeness (QED) is 0.798. The van der Waals surface area contributed by atoms with Crippen molar-refractivity contribution in [3.63, 3.8) is 0 Å².